The van der Waals surface area contributed by atoms with Crippen LogP contribution in [0.15, 0.2) is 10.5 Å². The first-order chi connectivity index (χ1) is 13.3. The van der Waals surface area contributed by atoms with Crippen molar-refractivity contribution >= 4 is 45.9 Å². The molecule has 13 nitrogen and oxygen atoms in total. The zero-order chi connectivity index (χ0) is 20.5. The van der Waals surface area contributed by atoms with E-state index in [2.05, 4.69) is 20.3 Å². The van der Waals surface area contributed by atoms with Crippen molar-refractivity contribution in [1.82, 2.24) is 15.4 Å². The van der Waals surface area contributed by atoms with E-state index in [0.717, 1.165) is 11.3 Å². The smallest absolute Gasteiger partial charge is 0.372 e. The summed E-state index contributed by atoms with van der Waals surface area (Å²) in [5, 5.41) is 17.5. The van der Waals surface area contributed by atoms with Crippen molar-refractivity contribution in [2.45, 2.75) is 24.6 Å². The SMILES string of the molecule is CO/N=C(\C(=O)N[C@H]1CON(C2(C(=O)O)CCC(=O)O2)C1=O)c1csc(N)n1. The van der Waals surface area contributed by atoms with E-state index in [4.69, 9.17) is 15.3 Å². The third-order valence-corrected chi connectivity index (χ3v) is 4.62. The first-order valence-electron chi connectivity index (χ1n) is 7.84. The molecular weight excluding hydrogens is 398 g/mol. The fourth-order valence-corrected chi connectivity index (χ4v) is 3.22. The van der Waals surface area contributed by atoms with Gasteiger partial charge in [0.1, 0.15) is 25.5 Å². The highest BCUT2D eigenvalue weighted by atomic mass is 32.1. The maximum absolute atomic E-state index is 12.6. The van der Waals surface area contributed by atoms with Crippen LogP contribution in [0.5, 0.6) is 0 Å². The van der Waals surface area contributed by atoms with E-state index >= 15 is 0 Å². The van der Waals surface area contributed by atoms with E-state index in [1.54, 1.807) is 0 Å². The third kappa shape index (κ3) is 3.34. The Kier molecular flexibility index (Phi) is 5.15. The van der Waals surface area contributed by atoms with Gasteiger partial charge in [-0.1, -0.05) is 5.16 Å². The maximum Gasteiger partial charge on any atom is 0.372 e. The molecule has 2 aliphatic heterocycles. The number of nitrogens with two attached hydrogens (primary N) is 1. The highest BCUT2D eigenvalue weighted by Crippen LogP contribution is 2.34. The molecule has 150 valence electrons. The number of hydrogen-bond donors (Lipinski definition) is 3. The van der Waals surface area contributed by atoms with Gasteiger partial charge in [0.05, 0.1) is 6.42 Å². The van der Waals surface area contributed by atoms with Crippen molar-refractivity contribution in [3.63, 3.8) is 0 Å². The number of carbonyl (C=O) groups excluding carboxylic acids is 3. The van der Waals surface area contributed by atoms with Crippen molar-refractivity contribution in [3.8, 4) is 0 Å². The molecule has 1 aromatic rings. The summed E-state index contributed by atoms with van der Waals surface area (Å²) >= 11 is 1.08. The normalized spacial score (nSPS) is 25.0. The number of hydroxylamine groups is 2. The van der Waals surface area contributed by atoms with Gasteiger partial charge in [-0.25, -0.2) is 9.78 Å². The molecule has 3 rings (SSSR count). The number of cyclic esters (lactones) is 1. The van der Waals surface area contributed by atoms with E-state index < -0.39 is 35.5 Å². The molecule has 0 radical (unpaired) electrons. The van der Waals surface area contributed by atoms with Gasteiger partial charge in [-0.05, 0) is 0 Å². The van der Waals surface area contributed by atoms with E-state index in [1.165, 1.54) is 12.5 Å². The van der Waals surface area contributed by atoms with Crippen molar-refractivity contribution < 1.29 is 38.7 Å². The Labute approximate surface area is 161 Å². The molecule has 3 heterocycles. The number of carboxylic acids is 1. The third-order valence-electron chi connectivity index (χ3n) is 3.95. The Morgan fingerprint density at radius 1 is 1.54 bits per heavy atom. The molecule has 0 aromatic carbocycles. The van der Waals surface area contributed by atoms with E-state index in [-0.39, 0.29) is 36.0 Å². The molecule has 0 spiro atoms. The minimum Gasteiger partial charge on any atom is -0.477 e. The molecule has 1 unspecified atom stereocenters. The summed E-state index contributed by atoms with van der Waals surface area (Å²) < 4.78 is 4.84. The van der Waals surface area contributed by atoms with Gasteiger partial charge in [-0.15, -0.1) is 11.3 Å². The van der Waals surface area contributed by atoms with Crippen molar-refractivity contribution in [2.75, 3.05) is 19.5 Å². The fourth-order valence-electron chi connectivity index (χ4n) is 2.67. The molecular formula is C14H15N5O8S. The number of anilines is 1. The predicted molar refractivity (Wildman–Crippen MR) is 90.5 cm³/mol. The van der Waals surface area contributed by atoms with Crippen LogP contribution >= 0.6 is 11.3 Å². The van der Waals surface area contributed by atoms with Crippen LogP contribution in [0.25, 0.3) is 0 Å². The number of nitrogen functional groups attached to an aromatic ring is 1. The average molecular weight is 413 g/mol. The molecule has 2 saturated heterocycles. The molecule has 2 amide bonds. The summed E-state index contributed by atoms with van der Waals surface area (Å²) in [7, 11) is 1.22. The minimum atomic E-state index is -2.26. The number of nitrogens with zero attached hydrogens (tertiary/aromatic N) is 3. The zero-order valence-corrected chi connectivity index (χ0v) is 15.2. The van der Waals surface area contributed by atoms with Gasteiger partial charge in [0.2, 0.25) is 0 Å². The molecule has 1 aromatic heterocycles. The van der Waals surface area contributed by atoms with E-state index in [9.17, 15) is 24.3 Å². The van der Waals surface area contributed by atoms with Crippen LogP contribution in [0.2, 0.25) is 0 Å². The number of amides is 2. The Bertz CT molecular complexity index is 870. The number of esters is 1. The Morgan fingerprint density at radius 3 is 2.82 bits per heavy atom. The summed E-state index contributed by atoms with van der Waals surface area (Å²) in [6.07, 6.45) is -0.464. The van der Waals surface area contributed by atoms with Crippen molar-refractivity contribution in [3.05, 3.63) is 11.1 Å². The van der Waals surface area contributed by atoms with Gasteiger partial charge >= 0.3 is 17.7 Å². The lowest BCUT2D eigenvalue weighted by molar-refractivity contribution is -0.256. The molecule has 4 N–H and O–H groups in total. The molecule has 2 atom stereocenters. The Balaban J connectivity index is 1.76. The summed E-state index contributed by atoms with van der Waals surface area (Å²) in [5.74, 6) is -4.04. The second kappa shape index (κ2) is 7.40. The average Bonchev–Trinajstić information content (AvgIpc) is 3.33. The highest BCUT2D eigenvalue weighted by molar-refractivity contribution is 7.13. The van der Waals surface area contributed by atoms with Gasteiger partial charge in [-0.2, -0.15) is 5.06 Å². The number of rotatable bonds is 6. The Morgan fingerprint density at radius 2 is 2.29 bits per heavy atom. The predicted octanol–water partition coefficient (Wildman–Crippen LogP) is -1.55. The zero-order valence-electron chi connectivity index (χ0n) is 14.4. The highest BCUT2D eigenvalue weighted by Gasteiger charge is 2.59. The van der Waals surface area contributed by atoms with Crippen LogP contribution in [0.4, 0.5) is 5.13 Å². The summed E-state index contributed by atoms with van der Waals surface area (Å²) in [6.45, 7) is -0.364. The van der Waals surface area contributed by atoms with Crippen LogP contribution in [-0.2, 0) is 33.6 Å². The van der Waals surface area contributed by atoms with Gasteiger partial charge in [0.25, 0.3) is 11.8 Å². The number of nitrogens with one attached hydrogen (secondary N) is 1. The van der Waals surface area contributed by atoms with Gasteiger partial charge in [0, 0.05) is 11.8 Å². The number of aromatic nitrogens is 1. The molecule has 14 heteroatoms. The molecule has 2 fully saturated rings. The number of carbonyl (C=O) groups is 4. The topological polar surface area (TPSA) is 183 Å². The van der Waals surface area contributed by atoms with Crippen molar-refractivity contribution in [1.29, 1.82) is 0 Å². The van der Waals surface area contributed by atoms with E-state index in [0.29, 0.717) is 5.06 Å². The van der Waals surface area contributed by atoms with Crippen LogP contribution in [0.3, 0.4) is 0 Å². The second-order valence-corrected chi connectivity index (χ2v) is 6.60. The summed E-state index contributed by atoms with van der Waals surface area (Å²) in [6, 6.07) is -1.24. The van der Waals surface area contributed by atoms with Gasteiger partial charge in [-0.3, -0.25) is 19.2 Å². The van der Waals surface area contributed by atoms with Gasteiger partial charge < -0.3 is 25.7 Å². The molecule has 0 saturated carbocycles. The van der Waals surface area contributed by atoms with Gasteiger partial charge in [0.15, 0.2) is 10.8 Å². The largest absolute Gasteiger partial charge is 0.477 e. The first kappa shape index (κ1) is 19.5. The molecule has 2 aliphatic rings. The number of hydrogen-bond acceptors (Lipinski definition) is 11. The van der Waals surface area contributed by atoms with Crippen molar-refractivity contribution in [2.24, 2.45) is 5.16 Å². The maximum atomic E-state index is 12.6. The number of ether oxygens (including phenoxy) is 1. The second-order valence-electron chi connectivity index (χ2n) is 5.71. The quantitative estimate of drug-likeness (QED) is 0.280. The summed E-state index contributed by atoms with van der Waals surface area (Å²) in [5.41, 5.74) is 3.18. The number of aliphatic carboxylic acids is 1. The van der Waals surface area contributed by atoms with E-state index in [1.807, 2.05) is 0 Å². The van der Waals surface area contributed by atoms with Crippen LogP contribution in [0.1, 0.15) is 18.5 Å². The molecule has 0 aliphatic carbocycles. The number of carboxylic acid groups (broad SMARTS) is 1. The number of thiazole rings is 1. The molecule has 0 bridgehead atoms. The fraction of sp³-hybridized carbons (Fsp3) is 0.429. The lowest BCUT2D eigenvalue weighted by Crippen LogP contribution is -2.57. The summed E-state index contributed by atoms with van der Waals surface area (Å²) in [4.78, 5) is 61.8. The molecule has 28 heavy (non-hydrogen) atoms. The lowest BCUT2D eigenvalue weighted by atomic mass is 10.1. The van der Waals surface area contributed by atoms with Crippen LogP contribution < -0.4 is 11.1 Å². The monoisotopic (exact) mass is 413 g/mol. The Hall–Kier alpha value is -3.26. The van der Waals surface area contributed by atoms with Crippen LogP contribution in [0, 0.1) is 0 Å². The lowest BCUT2D eigenvalue weighted by Gasteiger charge is -2.30. The van der Waals surface area contributed by atoms with Crippen LogP contribution in [-0.4, -0.2) is 70.1 Å². The standard InChI is InChI=1S/C14H15N5O8S/c1-25-18-9(7-5-28-13(15)17-7)10(21)16-6-4-26-19(11(6)22)14(12(23)24)3-2-8(20)27-14/h5-6H,2-4H2,1H3,(H2,15,17)(H,16,21)(H,23,24)/b18-9-/t6-,14?/m0/s1. The first-order valence-corrected chi connectivity index (χ1v) is 8.72. The minimum absolute atomic E-state index is 0.136. The number of oxime groups is 1.